The Morgan fingerprint density at radius 3 is 2.03 bits per heavy atom. The molecule has 21 heteroatoms. The average Bonchev–Trinajstić information content (AvgIpc) is 3.67. The Bertz CT molecular complexity index is 3700. The van der Waals surface area contributed by atoms with Gasteiger partial charge in [-0.1, -0.05) is 38.1 Å². The van der Waals surface area contributed by atoms with E-state index >= 15 is 0 Å². The van der Waals surface area contributed by atoms with E-state index in [2.05, 4.69) is 33.4 Å². The van der Waals surface area contributed by atoms with Crippen molar-refractivity contribution in [1.82, 2.24) is 10.3 Å². The van der Waals surface area contributed by atoms with Gasteiger partial charge in [-0.15, -0.1) is 0 Å². The largest absolute Gasteiger partial charge is 0.367 e. The normalized spacial score (nSPS) is 17.2. The molecule has 1 amide bonds. The van der Waals surface area contributed by atoms with Crippen molar-refractivity contribution >= 4 is 97.4 Å². The summed E-state index contributed by atoms with van der Waals surface area (Å²) in [6, 6.07) is 21.9. The number of likely N-dealkylation sites (N-methyl/N-ethyl adjacent to an activating group) is 1. The molecule has 6 N–H and O–H groups in total. The molecule has 2 unspecified atom stereocenters. The fourth-order valence-corrected chi connectivity index (χ4v) is 12.7. The standard InChI is InChI=1S/C51H53N5O12S4/c1-8-55-42-20-17-37-30(3)24-35(70(60,61)62)25-39(37)47(42)50(4,5)45(55)22-13-32(41-19-12-33(29-52-41)49(57)53-28-31-10-15-34(16-11-31)54-69(58)59)14-23-46-51(6,7)48-40-26-36(71(63,64)65)27-44(72(66,67)68)38(40)18-21-43(48)56(46)9-2/h10-22,24-27,29,46,54H,8-9,23,28H2,1-7H3,(H4-,53,57,58,59,60,61,62,63,64,65,66,67,68)/p+1/b22-13+,32-14-. The van der Waals surface area contributed by atoms with Crippen LogP contribution in [-0.2, 0) is 59.0 Å². The number of pyridine rings is 1. The zero-order valence-electron chi connectivity index (χ0n) is 40.3. The third kappa shape index (κ3) is 9.74. The molecule has 0 saturated carbocycles. The third-order valence-electron chi connectivity index (χ3n) is 13.8. The predicted molar refractivity (Wildman–Crippen MR) is 278 cm³/mol. The number of rotatable bonds is 15. The Hall–Kier alpha value is -6.17. The van der Waals surface area contributed by atoms with Crippen molar-refractivity contribution < 1.29 is 57.0 Å². The first kappa shape index (κ1) is 52.2. The third-order valence-corrected chi connectivity index (χ3v) is 16.8. The summed E-state index contributed by atoms with van der Waals surface area (Å²) in [5, 5.41) is 4.73. The number of hydrogen-bond acceptors (Lipinski definition) is 10. The van der Waals surface area contributed by atoms with Crippen LogP contribution in [0.3, 0.4) is 0 Å². The minimum atomic E-state index is -4.94. The number of hydrogen-bond donors (Lipinski definition) is 6. The molecule has 6 aromatic rings. The van der Waals surface area contributed by atoms with Gasteiger partial charge < -0.3 is 10.2 Å². The number of nitrogens with zero attached hydrogens (tertiary/aromatic N) is 3. The summed E-state index contributed by atoms with van der Waals surface area (Å²) < 4.78 is 130. The first-order chi connectivity index (χ1) is 33.7. The summed E-state index contributed by atoms with van der Waals surface area (Å²) in [6.45, 7) is 15.0. The zero-order chi connectivity index (χ0) is 52.5. The number of aromatic nitrogens is 1. The number of benzene rings is 5. The van der Waals surface area contributed by atoms with Crippen molar-refractivity contribution in [3.05, 3.63) is 143 Å². The molecular formula is C51H54N5O12S4+. The van der Waals surface area contributed by atoms with Gasteiger partial charge in [-0.3, -0.25) is 32.7 Å². The van der Waals surface area contributed by atoms with Gasteiger partial charge in [-0.25, -0.2) is 4.21 Å². The number of fused-ring (bicyclic) bond motifs is 6. The lowest BCUT2D eigenvalue weighted by Crippen LogP contribution is -2.41. The van der Waals surface area contributed by atoms with E-state index in [1.807, 2.05) is 58.1 Å². The molecule has 0 spiro atoms. The SMILES string of the molecule is CCN1c2ccc3c(S(=O)(=O)O)cc(S(=O)(=O)O)cc3c2C(C)(C)C1C/C=C(/C=C/C1=[N+](CC)c2ccc3c(C)cc(S(=O)(=O)O)cc3c2C1(C)C)c1ccc(C(=O)NCc2ccc(NS(=O)O)cc2)cn1. The van der Waals surface area contributed by atoms with Crippen LogP contribution in [-0.4, -0.2) is 88.0 Å². The molecule has 0 saturated heterocycles. The molecule has 0 bridgehead atoms. The Balaban J connectivity index is 1.21. The number of allylic oxidation sites excluding steroid dienone is 3. The molecular weight excluding hydrogens is 1000 g/mol. The van der Waals surface area contributed by atoms with Gasteiger partial charge >= 0.3 is 0 Å². The molecule has 0 aliphatic carbocycles. The quantitative estimate of drug-likeness (QED) is 0.0244. The number of anilines is 2. The molecule has 2 aliphatic rings. The van der Waals surface area contributed by atoms with Crippen molar-refractivity contribution in [3.8, 4) is 0 Å². The van der Waals surface area contributed by atoms with Crippen molar-refractivity contribution in [2.75, 3.05) is 22.7 Å². The molecule has 17 nitrogen and oxygen atoms in total. The fraction of sp³-hybridized carbons (Fsp3) is 0.275. The second-order valence-corrected chi connectivity index (χ2v) is 23.8. The highest BCUT2D eigenvalue weighted by molar-refractivity contribution is 7.87. The van der Waals surface area contributed by atoms with Crippen LogP contribution in [0, 0.1) is 6.92 Å². The van der Waals surface area contributed by atoms with Crippen LogP contribution < -0.4 is 14.9 Å². The first-order valence-electron chi connectivity index (χ1n) is 22.8. The highest BCUT2D eigenvalue weighted by Crippen LogP contribution is 2.51. The van der Waals surface area contributed by atoms with E-state index in [4.69, 9.17) is 9.54 Å². The molecule has 378 valence electrons. The molecule has 2 atom stereocenters. The van der Waals surface area contributed by atoms with Crippen molar-refractivity contribution in [2.24, 2.45) is 0 Å². The Morgan fingerprint density at radius 1 is 0.806 bits per heavy atom. The monoisotopic (exact) mass is 1060 g/mol. The van der Waals surface area contributed by atoms with Gasteiger partial charge in [0.15, 0.2) is 5.71 Å². The van der Waals surface area contributed by atoms with Gasteiger partial charge in [-0.2, -0.15) is 29.8 Å². The number of carbonyl (C=O) groups is 1. The maximum absolute atomic E-state index is 13.4. The Morgan fingerprint density at radius 2 is 1.44 bits per heavy atom. The predicted octanol–water partition coefficient (Wildman–Crippen LogP) is 8.53. The van der Waals surface area contributed by atoms with Crippen LogP contribution in [0.4, 0.5) is 17.1 Å². The Kier molecular flexibility index (Phi) is 13.8. The molecule has 5 aromatic carbocycles. The smallest absolute Gasteiger partial charge is 0.295 e. The van der Waals surface area contributed by atoms with E-state index in [1.165, 1.54) is 30.5 Å². The lowest BCUT2D eigenvalue weighted by molar-refractivity contribution is -0.433. The maximum atomic E-state index is 13.4. The van der Waals surface area contributed by atoms with Gasteiger partial charge in [0.25, 0.3) is 47.5 Å². The van der Waals surface area contributed by atoms with Gasteiger partial charge in [0.1, 0.15) is 11.4 Å². The Labute approximate surface area is 421 Å². The molecule has 2 aliphatic heterocycles. The molecule has 0 fully saturated rings. The maximum Gasteiger partial charge on any atom is 0.295 e. The number of nitrogens with one attached hydrogen (secondary N) is 2. The molecule has 0 radical (unpaired) electrons. The minimum Gasteiger partial charge on any atom is -0.367 e. The van der Waals surface area contributed by atoms with Crippen LogP contribution in [0.2, 0.25) is 0 Å². The average molecular weight is 1060 g/mol. The van der Waals surface area contributed by atoms with Crippen molar-refractivity contribution in [1.29, 1.82) is 0 Å². The van der Waals surface area contributed by atoms with Gasteiger partial charge in [0.05, 0.1) is 26.5 Å². The zero-order valence-corrected chi connectivity index (χ0v) is 43.6. The van der Waals surface area contributed by atoms with Gasteiger partial charge in [0.2, 0.25) is 5.69 Å². The van der Waals surface area contributed by atoms with Crippen LogP contribution >= 0.6 is 0 Å². The van der Waals surface area contributed by atoms with Crippen LogP contribution in [0.1, 0.15) is 86.3 Å². The highest BCUT2D eigenvalue weighted by Gasteiger charge is 2.47. The molecule has 3 heterocycles. The van der Waals surface area contributed by atoms with E-state index in [-0.39, 0.29) is 33.8 Å². The van der Waals surface area contributed by atoms with E-state index in [1.54, 1.807) is 49.4 Å². The topological polar surface area (TPSA) is 261 Å². The molecule has 8 rings (SSSR count). The van der Waals surface area contributed by atoms with E-state index in [9.17, 15) is 47.9 Å². The first-order valence-corrected chi connectivity index (χ1v) is 28.2. The van der Waals surface area contributed by atoms with Crippen molar-refractivity contribution in [3.63, 3.8) is 0 Å². The number of carbonyl (C=O) groups excluding carboxylic acids is 1. The van der Waals surface area contributed by atoms with E-state index < -0.39 is 68.1 Å². The summed E-state index contributed by atoms with van der Waals surface area (Å²) >= 11 is -2.23. The number of aryl methyl sites for hydroxylation is 1. The lowest BCUT2D eigenvalue weighted by atomic mass is 9.77. The summed E-state index contributed by atoms with van der Waals surface area (Å²) in [5.41, 5.74) is 5.80. The van der Waals surface area contributed by atoms with Gasteiger partial charge in [-0.05, 0) is 146 Å². The fourth-order valence-electron chi connectivity index (χ4n) is 10.5. The second-order valence-electron chi connectivity index (χ2n) is 18.9. The van der Waals surface area contributed by atoms with Crippen LogP contribution in [0.5, 0.6) is 0 Å². The van der Waals surface area contributed by atoms with E-state index in [0.29, 0.717) is 58.7 Å². The summed E-state index contributed by atoms with van der Waals surface area (Å²) in [7, 11) is -14.4. The lowest BCUT2D eigenvalue weighted by Gasteiger charge is -2.33. The van der Waals surface area contributed by atoms with Crippen LogP contribution in [0.15, 0.2) is 124 Å². The molecule has 72 heavy (non-hydrogen) atoms. The summed E-state index contributed by atoms with van der Waals surface area (Å²) in [4.78, 5) is 18.8. The van der Waals surface area contributed by atoms with Crippen molar-refractivity contribution in [2.45, 2.75) is 93.0 Å². The summed E-state index contributed by atoms with van der Waals surface area (Å²) in [6.07, 6.45) is 7.79. The van der Waals surface area contributed by atoms with E-state index in [0.717, 1.165) is 34.0 Å². The summed E-state index contributed by atoms with van der Waals surface area (Å²) in [5.74, 6) is -0.390. The molecule has 1 aromatic heterocycles. The number of amides is 1. The minimum absolute atomic E-state index is 0.0859. The van der Waals surface area contributed by atoms with Gasteiger partial charge in [0, 0.05) is 65.2 Å². The highest BCUT2D eigenvalue weighted by atomic mass is 32.2. The second kappa shape index (κ2) is 19.0. The van der Waals surface area contributed by atoms with Crippen LogP contribution in [0.25, 0.3) is 27.1 Å².